The minimum absolute atomic E-state index is 0.0291. The number of carbonyl (C=O) groups excluding carboxylic acids is 2. The van der Waals surface area contributed by atoms with Crippen molar-refractivity contribution in [3.05, 3.63) is 41.3 Å². The molecular formula is C25H28B2N9O2P. The van der Waals surface area contributed by atoms with Crippen molar-refractivity contribution in [2.45, 2.75) is 32.9 Å². The maximum absolute atomic E-state index is 13.4. The summed E-state index contributed by atoms with van der Waals surface area (Å²) < 4.78 is 1.55. The van der Waals surface area contributed by atoms with Gasteiger partial charge < -0.3 is 15.5 Å². The number of hydrogen-bond acceptors (Lipinski definition) is 7. The number of nitrogens with two attached hydrogens (primary N) is 1. The van der Waals surface area contributed by atoms with Gasteiger partial charge in [0.1, 0.15) is 22.2 Å². The third-order valence-corrected chi connectivity index (χ3v) is 7.31. The molecule has 11 nitrogen and oxygen atoms in total. The molecule has 196 valence electrons. The average molecular weight is 539 g/mol. The third kappa shape index (κ3) is 5.41. The molecule has 4 radical (unpaired) electrons. The molecule has 1 fully saturated rings. The Morgan fingerprint density at radius 1 is 1.13 bits per heavy atom. The number of amides is 3. The Balaban J connectivity index is 1.30. The van der Waals surface area contributed by atoms with Crippen LogP contribution < -0.4 is 26.9 Å². The van der Waals surface area contributed by atoms with Gasteiger partial charge in [0.2, 0.25) is 11.9 Å². The molecule has 2 aromatic heterocycles. The summed E-state index contributed by atoms with van der Waals surface area (Å²) in [6.45, 7) is 5.72. The Morgan fingerprint density at radius 2 is 1.87 bits per heavy atom. The number of nitrogens with zero attached hydrogens (tertiary/aromatic N) is 8. The number of carbonyl (C=O) groups is 2. The lowest BCUT2D eigenvalue weighted by atomic mass is 9.92. The van der Waals surface area contributed by atoms with Crippen molar-refractivity contribution in [2.24, 2.45) is 10.8 Å². The van der Waals surface area contributed by atoms with Crippen molar-refractivity contribution in [1.29, 1.82) is 0 Å². The van der Waals surface area contributed by atoms with Gasteiger partial charge >= 0.3 is 6.03 Å². The first-order valence-corrected chi connectivity index (χ1v) is 13.2. The Labute approximate surface area is 231 Å². The van der Waals surface area contributed by atoms with Gasteiger partial charge in [0.25, 0.3) is 0 Å². The molecule has 2 atom stereocenters. The van der Waals surface area contributed by atoms with Gasteiger partial charge in [0, 0.05) is 56.3 Å². The number of hydrazone groups is 1. The van der Waals surface area contributed by atoms with E-state index in [4.69, 9.17) is 26.4 Å². The molecule has 0 bridgehead atoms. The third-order valence-electron chi connectivity index (χ3n) is 6.97. The molecule has 1 aromatic carbocycles. The molecular weight excluding hydrogens is 511 g/mol. The van der Waals surface area contributed by atoms with Crippen LogP contribution in [0.4, 0.5) is 10.7 Å². The first-order chi connectivity index (χ1) is 18.6. The quantitative estimate of drug-likeness (QED) is 0.335. The second-order valence-corrected chi connectivity index (χ2v) is 10.4. The summed E-state index contributed by atoms with van der Waals surface area (Å²) in [5.41, 5.74) is 10.1. The fourth-order valence-electron chi connectivity index (χ4n) is 5.09. The van der Waals surface area contributed by atoms with Gasteiger partial charge in [-0.15, -0.1) is 9.24 Å². The number of hydrogen-bond donors (Lipinski definition) is 1. The van der Waals surface area contributed by atoms with Crippen LogP contribution in [-0.4, -0.2) is 89.7 Å². The van der Waals surface area contributed by atoms with E-state index in [1.807, 2.05) is 36.9 Å². The molecule has 0 aliphatic carbocycles. The molecule has 39 heavy (non-hydrogen) atoms. The highest BCUT2D eigenvalue weighted by Gasteiger charge is 2.33. The standard InChI is InChI=1S/C25H28B2N9O2P/c1-14-22(15(2)35(32-14)13-21(28)37)23-19(27)12-29-24(31-23)33-5-7-34(8-6-33)25(38)36-20(3-4-30-36)16-9-17(26)11-18(39)10-16/h4,9-12,20H,3,5-8,13,39H2,1-2H3,(H2,28,37). The fraction of sp³-hybridized carbons (Fsp3) is 0.360. The zero-order chi connectivity index (χ0) is 27.8. The van der Waals surface area contributed by atoms with Crippen LogP contribution in [0.3, 0.4) is 0 Å². The maximum atomic E-state index is 13.4. The number of anilines is 1. The molecule has 3 amide bonds. The van der Waals surface area contributed by atoms with Gasteiger partial charge in [-0.1, -0.05) is 23.1 Å². The van der Waals surface area contributed by atoms with Crippen molar-refractivity contribution in [3.8, 4) is 11.3 Å². The van der Waals surface area contributed by atoms with Crippen molar-refractivity contribution >= 4 is 65.3 Å². The number of aryl methyl sites for hydroxylation is 1. The van der Waals surface area contributed by atoms with Gasteiger partial charge in [-0.25, -0.2) is 19.8 Å². The van der Waals surface area contributed by atoms with Crippen molar-refractivity contribution in [3.63, 3.8) is 0 Å². The minimum atomic E-state index is -0.483. The molecule has 0 saturated carbocycles. The fourth-order valence-corrected chi connectivity index (χ4v) is 5.47. The van der Waals surface area contributed by atoms with Crippen LogP contribution in [0, 0.1) is 13.8 Å². The van der Waals surface area contributed by atoms with Gasteiger partial charge in [0.15, 0.2) is 0 Å². The van der Waals surface area contributed by atoms with E-state index in [0.29, 0.717) is 60.9 Å². The number of benzene rings is 1. The maximum Gasteiger partial charge on any atom is 0.341 e. The van der Waals surface area contributed by atoms with Crippen LogP contribution in [0.1, 0.15) is 29.4 Å². The summed E-state index contributed by atoms with van der Waals surface area (Å²) in [5.74, 6) is 0.0291. The normalized spacial score (nSPS) is 17.2. The smallest absolute Gasteiger partial charge is 0.341 e. The van der Waals surface area contributed by atoms with Crippen LogP contribution >= 0.6 is 9.24 Å². The van der Waals surface area contributed by atoms with E-state index < -0.39 is 5.91 Å². The first-order valence-electron chi connectivity index (χ1n) is 12.6. The number of aromatic nitrogens is 4. The highest BCUT2D eigenvalue weighted by atomic mass is 31.0. The van der Waals surface area contributed by atoms with Crippen molar-refractivity contribution < 1.29 is 9.59 Å². The second kappa shape index (κ2) is 10.8. The van der Waals surface area contributed by atoms with E-state index >= 15 is 0 Å². The molecule has 2 N–H and O–H groups in total. The SMILES string of the molecule is [B]c1cc(P)cc(C2CC=NN2C(=O)N2CCN(c3ncc([B])c(-c4c(C)nn(CC(N)=O)c4C)n3)CC2)c1. The van der Waals surface area contributed by atoms with Crippen LogP contribution in [-0.2, 0) is 11.3 Å². The van der Waals surface area contributed by atoms with Crippen LogP contribution in [0.25, 0.3) is 11.3 Å². The predicted molar refractivity (Wildman–Crippen MR) is 155 cm³/mol. The Bertz CT molecular complexity index is 1450. The predicted octanol–water partition coefficient (Wildman–Crippen LogP) is -0.795. The minimum Gasteiger partial charge on any atom is -0.368 e. The molecule has 14 heteroatoms. The number of urea groups is 1. The molecule has 2 unspecified atom stereocenters. The largest absolute Gasteiger partial charge is 0.368 e. The van der Waals surface area contributed by atoms with Crippen LogP contribution in [0.2, 0.25) is 0 Å². The monoisotopic (exact) mass is 539 g/mol. The summed E-state index contributed by atoms with van der Waals surface area (Å²) in [6.07, 6.45) is 3.98. The summed E-state index contributed by atoms with van der Waals surface area (Å²) in [6, 6.07) is 5.43. The topological polar surface area (TPSA) is 126 Å². The van der Waals surface area contributed by atoms with E-state index in [-0.39, 0.29) is 18.6 Å². The number of primary amides is 1. The molecule has 3 aromatic rings. The highest BCUT2D eigenvalue weighted by Crippen LogP contribution is 2.29. The summed E-state index contributed by atoms with van der Waals surface area (Å²) in [5, 5.41) is 11.3. The Kier molecular flexibility index (Phi) is 7.44. The molecule has 0 spiro atoms. The highest BCUT2D eigenvalue weighted by molar-refractivity contribution is 7.27. The van der Waals surface area contributed by atoms with Gasteiger partial charge in [-0.3, -0.25) is 9.48 Å². The lowest BCUT2D eigenvalue weighted by molar-refractivity contribution is -0.118. The molecule has 2 aliphatic rings. The van der Waals surface area contributed by atoms with Crippen LogP contribution in [0.5, 0.6) is 0 Å². The lowest BCUT2D eigenvalue weighted by Crippen LogP contribution is -2.52. The van der Waals surface area contributed by atoms with Crippen molar-refractivity contribution in [1.82, 2.24) is 29.7 Å². The average Bonchev–Trinajstić information content (AvgIpc) is 3.48. The second-order valence-electron chi connectivity index (χ2n) is 9.73. The van der Waals surface area contributed by atoms with Gasteiger partial charge in [0.05, 0.1) is 17.4 Å². The molecule has 4 heterocycles. The Hall–Kier alpha value is -3.72. The molecule has 5 rings (SSSR count). The van der Waals surface area contributed by atoms with E-state index in [1.54, 1.807) is 27.0 Å². The van der Waals surface area contributed by atoms with Gasteiger partial charge in [-0.05, 0) is 30.8 Å². The number of piperazine rings is 1. The van der Waals surface area contributed by atoms with E-state index in [9.17, 15) is 9.59 Å². The summed E-state index contributed by atoms with van der Waals surface area (Å²) in [4.78, 5) is 37.9. The van der Waals surface area contributed by atoms with E-state index in [2.05, 4.69) is 24.4 Å². The first kappa shape index (κ1) is 26.9. The van der Waals surface area contributed by atoms with E-state index in [1.165, 1.54) is 0 Å². The zero-order valence-electron chi connectivity index (χ0n) is 21.9. The summed E-state index contributed by atoms with van der Waals surface area (Å²) >= 11 is 0. The molecule has 1 saturated heterocycles. The van der Waals surface area contributed by atoms with Crippen LogP contribution in [0.15, 0.2) is 29.5 Å². The van der Waals surface area contributed by atoms with Crippen molar-refractivity contribution in [2.75, 3.05) is 31.1 Å². The Morgan fingerprint density at radius 3 is 2.56 bits per heavy atom. The zero-order valence-corrected chi connectivity index (χ0v) is 23.1. The number of rotatable bonds is 5. The van der Waals surface area contributed by atoms with Gasteiger partial charge in [-0.2, -0.15) is 10.2 Å². The molecule has 2 aliphatic heterocycles. The summed E-state index contributed by atoms with van der Waals surface area (Å²) in [7, 11) is 14.9. The van der Waals surface area contributed by atoms with E-state index in [0.717, 1.165) is 22.1 Å². The lowest BCUT2D eigenvalue weighted by Gasteiger charge is -2.37.